The van der Waals surface area contributed by atoms with Crippen LogP contribution in [0.1, 0.15) is 188 Å². The molecule has 0 spiro atoms. The Hall–Kier alpha value is -5.76. The Morgan fingerprint density at radius 2 is 0.773 bits per heavy atom. The molecule has 8 heteroatoms. The molecule has 2 unspecified atom stereocenters. The quantitative estimate of drug-likeness (QED) is 0.141. The first-order chi connectivity index (χ1) is 31.1. The Kier molecular flexibility index (Phi) is 12.6. The highest BCUT2D eigenvalue weighted by Crippen LogP contribution is 2.46. The molecule has 0 saturated carbocycles. The van der Waals surface area contributed by atoms with Crippen molar-refractivity contribution in [3.8, 4) is 23.0 Å². The molecule has 66 heavy (non-hydrogen) atoms. The van der Waals surface area contributed by atoms with Gasteiger partial charge in [0.15, 0.2) is 23.6 Å². The highest BCUT2D eigenvalue weighted by molar-refractivity contribution is 5.57. The van der Waals surface area contributed by atoms with E-state index in [2.05, 4.69) is 144 Å². The van der Waals surface area contributed by atoms with Crippen molar-refractivity contribution in [2.45, 2.75) is 168 Å². The van der Waals surface area contributed by atoms with Crippen LogP contribution in [0.5, 0.6) is 11.5 Å². The number of aromatic hydroxyl groups is 2. The molecule has 2 aliphatic carbocycles. The number of nitrogens with zero attached hydrogens (tertiary/aromatic N) is 4. The summed E-state index contributed by atoms with van der Waals surface area (Å²) in [5.74, 6) is 2.93. The van der Waals surface area contributed by atoms with Crippen molar-refractivity contribution in [3.05, 3.63) is 152 Å². The number of benzene rings is 4. The summed E-state index contributed by atoms with van der Waals surface area (Å²) in [6, 6.07) is 27.5. The van der Waals surface area contributed by atoms with E-state index >= 15 is 0 Å². The number of fused-ring (bicyclic) bond motifs is 2. The second kappa shape index (κ2) is 17.8. The fourth-order valence-electron chi connectivity index (χ4n) is 9.71. The minimum atomic E-state index is -0.614. The van der Waals surface area contributed by atoms with Crippen molar-refractivity contribution in [1.29, 1.82) is 0 Å². The van der Waals surface area contributed by atoms with Gasteiger partial charge in [0.1, 0.15) is 23.0 Å². The second-order valence-electron chi connectivity index (χ2n) is 22.8. The molecule has 6 aromatic rings. The van der Waals surface area contributed by atoms with E-state index in [-0.39, 0.29) is 21.7 Å². The van der Waals surface area contributed by atoms with Gasteiger partial charge in [0, 0.05) is 0 Å². The summed E-state index contributed by atoms with van der Waals surface area (Å²) in [4.78, 5) is 0. The van der Waals surface area contributed by atoms with Gasteiger partial charge in [-0.05, 0) is 189 Å². The van der Waals surface area contributed by atoms with Crippen LogP contribution in [0.2, 0.25) is 0 Å². The molecule has 2 heterocycles. The third-order valence-electron chi connectivity index (χ3n) is 13.5. The lowest BCUT2D eigenvalue weighted by Gasteiger charge is -2.29. The number of phenols is 2. The molecule has 0 radical (unpaired) electrons. The Balaban J connectivity index is 1.24. The van der Waals surface area contributed by atoms with Crippen LogP contribution in [-0.4, -0.2) is 10.2 Å². The third kappa shape index (κ3) is 9.70. The van der Waals surface area contributed by atoms with Crippen LogP contribution in [0.15, 0.2) is 114 Å². The maximum Gasteiger partial charge on any atom is 0.169 e. The first-order valence-electron chi connectivity index (χ1n) is 24.1. The maximum absolute atomic E-state index is 11.7. The van der Waals surface area contributed by atoms with Crippen LogP contribution in [0, 0.1) is 0 Å². The molecule has 8 rings (SSSR count). The molecule has 0 fully saturated rings. The maximum atomic E-state index is 11.7. The van der Waals surface area contributed by atoms with E-state index in [9.17, 15) is 10.2 Å². The zero-order valence-corrected chi connectivity index (χ0v) is 41.4. The van der Waals surface area contributed by atoms with Gasteiger partial charge in [-0.25, -0.2) is 0 Å². The van der Waals surface area contributed by atoms with Crippen molar-refractivity contribution in [1.82, 2.24) is 0 Å². The van der Waals surface area contributed by atoms with Crippen LogP contribution in [-0.2, 0) is 47.3 Å². The first-order valence-corrected chi connectivity index (χ1v) is 24.1. The molecule has 346 valence electrons. The number of phenolic OH excluding ortho intramolecular Hbond substituents is 2. The molecule has 0 saturated heterocycles. The van der Waals surface area contributed by atoms with E-state index in [4.69, 9.17) is 29.3 Å². The molecular formula is C58H70N4O4. The molecule has 0 bridgehead atoms. The van der Waals surface area contributed by atoms with Crippen molar-refractivity contribution >= 4 is 11.4 Å². The van der Waals surface area contributed by atoms with Crippen LogP contribution in [0.25, 0.3) is 11.5 Å². The van der Waals surface area contributed by atoms with E-state index in [0.29, 0.717) is 34.5 Å². The summed E-state index contributed by atoms with van der Waals surface area (Å²) in [7, 11) is 0. The predicted molar refractivity (Wildman–Crippen MR) is 266 cm³/mol. The molecule has 2 aromatic heterocycles. The van der Waals surface area contributed by atoms with Crippen molar-refractivity contribution in [2.75, 3.05) is 0 Å². The van der Waals surface area contributed by atoms with E-state index in [0.717, 1.165) is 83.3 Å². The lowest BCUT2D eigenvalue weighted by Crippen LogP contribution is -2.18. The summed E-state index contributed by atoms with van der Waals surface area (Å²) in [6.07, 6.45) is 8.70. The normalized spacial score (nSPS) is 15.9. The first kappa shape index (κ1) is 46.8. The highest BCUT2D eigenvalue weighted by atomic mass is 16.4. The van der Waals surface area contributed by atoms with E-state index in [1.807, 2.05) is 24.3 Å². The van der Waals surface area contributed by atoms with Gasteiger partial charge in [-0.1, -0.05) is 107 Å². The number of hydrogen-bond donors (Lipinski definition) is 2. The summed E-state index contributed by atoms with van der Waals surface area (Å²) in [5, 5.41) is 43.6. The van der Waals surface area contributed by atoms with E-state index < -0.39 is 12.1 Å². The molecule has 2 N–H and O–H groups in total. The number of aryl methyl sites for hydroxylation is 2. The van der Waals surface area contributed by atoms with Crippen molar-refractivity contribution < 1.29 is 19.0 Å². The summed E-state index contributed by atoms with van der Waals surface area (Å²) < 4.78 is 13.6. The molecule has 0 aliphatic heterocycles. The fourth-order valence-corrected chi connectivity index (χ4v) is 9.71. The average Bonchev–Trinajstić information content (AvgIpc) is 3.94. The predicted octanol–water partition coefficient (Wildman–Crippen LogP) is 16.6. The standard InChI is InChI=1S/C58H70N4O4/c1-55(2,3)41-31-37(32-42(53(41)63)56(4,5)6)51(61-59-45-25-17-21-35-19-13-15-23-39(35)45)49-29-27-47(65-49)48-28-30-50(66-48)52(62-60-46-26-18-22-36-20-14-16-24-40(36)46)38-33-43(57(7,8)9)54(64)44(34-38)58(10,11)12/h17-18,21-22,25-34,51-52,63-64H,13-16,19-20,23-24H2,1-12H3. The van der Waals surface area contributed by atoms with Gasteiger partial charge in [0.25, 0.3) is 0 Å². The topological polar surface area (TPSA) is 116 Å². The Bertz CT molecular complexity index is 2530. The molecule has 8 nitrogen and oxygen atoms in total. The smallest absolute Gasteiger partial charge is 0.169 e. The van der Waals surface area contributed by atoms with Crippen LogP contribution >= 0.6 is 0 Å². The second-order valence-corrected chi connectivity index (χ2v) is 22.8. The summed E-state index contributed by atoms with van der Waals surface area (Å²) in [6.45, 7) is 25.5. The van der Waals surface area contributed by atoms with Gasteiger partial charge in [-0.3, -0.25) is 0 Å². The monoisotopic (exact) mass is 887 g/mol. The third-order valence-corrected chi connectivity index (χ3v) is 13.5. The van der Waals surface area contributed by atoms with Crippen molar-refractivity contribution in [2.24, 2.45) is 20.5 Å². The zero-order chi connectivity index (χ0) is 47.3. The van der Waals surface area contributed by atoms with Gasteiger partial charge >= 0.3 is 0 Å². The molecule has 0 amide bonds. The molecule has 4 aromatic carbocycles. The summed E-state index contributed by atoms with van der Waals surface area (Å²) in [5.41, 5.74) is 10.8. The van der Waals surface area contributed by atoms with E-state index in [1.165, 1.54) is 35.1 Å². The molecular weight excluding hydrogens is 817 g/mol. The number of azo groups is 2. The minimum Gasteiger partial charge on any atom is -0.507 e. The van der Waals surface area contributed by atoms with Gasteiger partial charge in [-0.15, -0.1) is 0 Å². The number of furan rings is 2. The summed E-state index contributed by atoms with van der Waals surface area (Å²) >= 11 is 0. The van der Waals surface area contributed by atoms with Crippen molar-refractivity contribution in [3.63, 3.8) is 0 Å². The Labute approximate surface area is 392 Å². The average molecular weight is 887 g/mol. The molecule has 2 aliphatic rings. The Morgan fingerprint density at radius 1 is 0.439 bits per heavy atom. The highest BCUT2D eigenvalue weighted by Gasteiger charge is 2.32. The van der Waals surface area contributed by atoms with Gasteiger partial charge in [0.05, 0.1) is 11.4 Å². The largest absolute Gasteiger partial charge is 0.507 e. The minimum absolute atomic E-state index is 0.312. The van der Waals surface area contributed by atoms with Crippen LogP contribution < -0.4 is 0 Å². The molecule has 2 atom stereocenters. The van der Waals surface area contributed by atoms with Gasteiger partial charge in [0.2, 0.25) is 0 Å². The number of rotatable bonds is 9. The SMILES string of the molecule is CC(C)(C)c1cc(C(N=Nc2cccc3c2CCCC3)c2ccc(-c3ccc(C(N=Nc4cccc5c4CCCC5)c4cc(C(C)(C)C)c(O)c(C(C)(C)C)c4)o3)o2)cc(C(C)(C)C)c1O. The number of hydrogen-bond acceptors (Lipinski definition) is 8. The van der Waals surface area contributed by atoms with Crippen LogP contribution in [0.4, 0.5) is 11.4 Å². The fraction of sp³-hybridized carbons (Fsp3) is 0.448. The lowest BCUT2D eigenvalue weighted by molar-refractivity contribution is 0.419. The Morgan fingerprint density at radius 3 is 1.11 bits per heavy atom. The zero-order valence-electron chi connectivity index (χ0n) is 41.4. The van der Waals surface area contributed by atoms with Gasteiger partial charge in [-0.2, -0.15) is 20.5 Å². The lowest BCUT2D eigenvalue weighted by atomic mass is 9.77. The van der Waals surface area contributed by atoms with Gasteiger partial charge < -0.3 is 19.0 Å². The van der Waals surface area contributed by atoms with Crippen LogP contribution in [0.3, 0.4) is 0 Å². The van der Waals surface area contributed by atoms with E-state index in [1.54, 1.807) is 0 Å².